The molecule has 1 aliphatic rings. The van der Waals surface area contributed by atoms with Gasteiger partial charge in [-0.15, -0.1) is 5.43 Å². The van der Waals surface area contributed by atoms with Crippen molar-refractivity contribution in [1.82, 2.24) is 15.4 Å². The summed E-state index contributed by atoms with van der Waals surface area (Å²) in [5.41, 5.74) is 5.08. The van der Waals surface area contributed by atoms with Gasteiger partial charge in [-0.05, 0) is 12.1 Å². The predicted octanol–water partition coefficient (Wildman–Crippen LogP) is 3.32. The SMILES string of the molecule is FC(F)c1cc(-c2cnc3c(n2)[N]N=C3)ccc1Cl. The fraction of sp³-hybridized carbons (Fsp3) is 0.0833. The number of halogens is 3. The van der Waals surface area contributed by atoms with Crippen molar-refractivity contribution in [1.29, 1.82) is 0 Å². The lowest BCUT2D eigenvalue weighted by molar-refractivity contribution is 0.151. The topological polar surface area (TPSA) is 52.2 Å². The van der Waals surface area contributed by atoms with Gasteiger partial charge in [0, 0.05) is 16.1 Å². The molecule has 2 aromatic rings. The van der Waals surface area contributed by atoms with Crippen LogP contribution in [0.25, 0.3) is 11.3 Å². The average Bonchev–Trinajstić information content (AvgIpc) is 2.86. The summed E-state index contributed by atoms with van der Waals surface area (Å²) in [6.45, 7) is 0. The molecule has 0 unspecified atom stereocenters. The molecule has 95 valence electrons. The zero-order valence-corrected chi connectivity index (χ0v) is 10.1. The van der Waals surface area contributed by atoms with Crippen LogP contribution in [-0.2, 0) is 0 Å². The summed E-state index contributed by atoms with van der Waals surface area (Å²) in [5, 5.41) is 3.71. The minimum absolute atomic E-state index is 0.0286. The first kappa shape index (κ1) is 12.0. The van der Waals surface area contributed by atoms with Crippen LogP contribution >= 0.6 is 11.6 Å². The molecule has 1 aliphatic heterocycles. The lowest BCUT2D eigenvalue weighted by atomic mass is 10.1. The van der Waals surface area contributed by atoms with Crippen molar-refractivity contribution < 1.29 is 8.78 Å². The molecule has 0 aliphatic carbocycles. The Balaban J connectivity index is 2.05. The molecule has 2 heterocycles. The van der Waals surface area contributed by atoms with Gasteiger partial charge < -0.3 is 0 Å². The van der Waals surface area contributed by atoms with E-state index >= 15 is 0 Å². The predicted molar refractivity (Wildman–Crippen MR) is 66.8 cm³/mol. The van der Waals surface area contributed by atoms with Gasteiger partial charge in [0.1, 0.15) is 5.69 Å². The van der Waals surface area contributed by atoms with E-state index in [9.17, 15) is 8.78 Å². The second-order valence-corrected chi connectivity index (χ2v) is 4.25. The molecule has 0 spiro atoms. The number of hydrogen-bond donors (Lipinski definition) is 0. The smallest absolute Gasteiger partial charge is 0.249 e. The molecule has 0 saturated heterocycles. The average molecular weight is 280 g/mol. The Morgan fingerprint density at radius 2 is 2.05 bits per heavy atom. The van der Waals surface area contributed by atoms with Crippen molar-refractivity contribution in [3.63, 3.8) is 0 Å². The van der Waals surface area contributed by atoms with Crippen molar-refractivity contribution in [2.75, 3.05) is 0 Å². The van der Waals surface area contributed by atoms with Gasteiger partial charge in [-0.3, -0.25) is 0 Å². The Labute approximate surface area is 112 Å². The Bertz CT molecular complexity index is 673. The standard InChI is InChI=1S/C12H6ClF2N4/c13-8-2-1-6(3-7(8)11(14)15)9-4-16-10-5-17-19-12(10)18-9/h1-5,11H. The number of fused-ring (bicyclic) bond motifs is 1. The van der Waals surface area contributed by atoms with Crippen molar-refractivity contribution in [2.45, 2.75) is 6.43 Å². The molecule has 0 saturated carbocycles. The third-order valence-corrected chi connectivity index (χ3v) is 2.98. The van der Waals surface area contributed by atoms with Gasteiger partial charge in [-0.2, -0.15) is 5.10 Å². The van der Waals surface area contributed by atoms with Gasteiger partial charge in [-0.1, -0.05) is 17.7 Å². The number of rotatable bonds is 2. The number of benzene rings is 1. The minimum Gasteiger partial charge on any atom is -0.249 e. The highest BCUT2D eigenvalue weighted by Gasteiger charge is 2.16. The number of alkyl halides is 2. The molecule has 1 aromatic carbocycles. The van der Waals surface area contributed by atoms with Gasteiger partial charge in [-0.25, -0.2) is 18.7 Å². The van der Waals surface area contributed by atoms with Crippen LogP contribution in [0.1, 0.15) is 17.7 Å². The fourth-order valence-corrected chi connectivity index (χ4v) is 1.90. The molecule has 4 nitrogen and oxygen atoms in total. The first-order chi connectivity index (χ1) is 9.15. The molecule has 1 aromatic heterocycles. The van der Waals surface area contributed by atoms with Gasteiger partial charge in [0.05, 0.1) is 18.1 Å². The summed E-state index contributed by atoms with van der Waals surface area (Å²) in [4.78, 5) is 8.32. The van der Waals surface area contributed by atoms with E-state index in [0.717, 1.165) is 0 Å². The summed E-state index contributed by atoms with van der Waals surface area (Å²) < 4.78 is 25.6. The highest BCUT2D eigenvalue weighted by atomic mass is 35.5. The molecule has 7 heteroatoms. The quantitative estimate of drug-likeness (QED) is 0.847. The van der Waals surface area contributed by atoms with E-state index in [1.165, 1.54) is 24.5 Å². The molecule has 0 atom stereocenters. The van der Waals surface area contributed by atoms with Gasteiger partial charge in [0.2, 0.25) is 5.82 Å². The molecular formula is C12H6ClF2N4. The van der Waals surface area contributed by atoms with E-state index in [1.54, 1.807) is 6.07 Å². The number of aromatic nitrogens is 2. The van der Waals surface area contributed by atoms with Crippen LogP contribution < -0.4 is 5.43 Å². The highest BCUT2D eigenvalue weighted by Crippen LogP contribution is 2.31. The molecule has 19 heavy (non-hydrogen) atoms. The molecule has 0 fully saturated rings. The van der Waals surface area contributed by atoms with E-state index in [0.29, 0.717) is 22.8 Å². The van der Waals surface area contributed by atoms with Crippen LogP contribution in [0.2, 0.25) is 5.02 Å². The van der Waals surface area contributed by atoms with E-state index in [-0.39, 0.29) is 10.6 Å². The Kier molecular flexibility index (Phi) is 2.87. The van der Waals surface area contributed by atoms with Crippen molar-refractivity contribution in [3.05, 3.63) is 40.7 Å². The van der Waals surface area contributed by atoms with Gasteiger partial charge in [0.15, 0.2) is 0 Å². The van der Waals surface area contributed by atoms with Crippen molar-refractivity contribution in [2.24, 2.45) is 5.10 Å². The van der Waals surface area contributed by atoms with E-state index in [1.807, 2.05) is 0 Å². The second-order valence-electron chi connectivity index (χ2n) is 3.85. The maximum atomic E-state index is 12.8. The molecule has 1 radical (unpaired) electrons. The lowest BCUT2D eigenvalue weighted by Gasteiger charge is -2.07. The molecule has 0 N–H and O–H groups in total. The van der Waals surface area contributed by atoms with Crippen LogP contribution in [0.3, 0.4) is 0 Å². The zero-order valence-electron chi connectivity index (χ0n) is 9.39. The fourth-order valence-electron chi connectivity index (χ4n) is 1.70. The maximum absolute atomic E-state index is 12.8. The van der Waals surface area contributed by atoms with Crippen LogP contribution in [0.15, 0.2) is 29.5 Å². The molecule has 0 bridgehead atoms. The molecule has 0 amide bonds. The van der Waals surface area contributed by atoms with Gasteiger partial charge in [0.25, 0.3) is 6.43 Å². The molecule has 3 rings (SSSR count). The second kappa shape index (κ2) is 4.55. The summed E-state index contributed by atoms with van der Waals surface area (Å²) in [6.07, 6.45) is 0.339. The van der Waals surface area contributed by atoms with Crippen LogP contribution in [0, 0.1) is 0 Å². The largest absolute Gasteiger partial charge is 0.265 e. The third kappa shape index (κ3) is 2.15. The van der Waals surface area contributed by atoms with Crippen molar-refractivity contribution >= 4 is 23.6 Å². The molecular weight excluding hydrogens is 274 g/mol. The maximum Gasteiger partial charge on any atom is 0.265 e. The first-order valence-electron chi connectivity index (χ1n) is 5.34. The summed E-state index contributed by atoms with van der Waals surface area (Å²) in [5.74, 6) is 0.381. The summed E-state index contributed by atoms with van der Waals surface area (Å²) >= 11 is 5.72. The van der Waals surface area contributed by atoms with Crippen LogP contribution in [-0.4, -0.2) is 16.2 Å². The summed E-state index contributed by atoms with van der Waals surface area (Å²) in [6, 6.07) is 4.33. The Morgan fingerprint density at radius 3 is 2.84 bits per heavy atom. The van der Waals surface area contributed by atoms with Crippen LogP contribution in [0.4, 0.5) is 14.6 Å². The number of hydrogen-bond acceptors (Lipinski definition) is 3. The monoisotopic (exact) mass is 279 g/mol. The van der Waals surface area contributed by atoms with Crippen molar-refractivity contribution in [3.8, 4) is 11.3 Å². The van der Waals surface area contributed by atoms with E-state index in [2.05, 4.69) is 20.5 Å². The number of nitrogens with zero attached hydrogens (tertiary/aromatic N) is 4. The van der Waals surface area contributed by atoms with Gasteiger partial charge >= 0.3 is 0 Å². The third-order valence-electron chi connectivity index (χ3n) is 2.64. The normalized spacial score (nSPS) is 12.6. The van der Waals surface area contributed by atoms with Crippen LogP contribution in [0.5, 0.6) is 0 Å². The summed E-state index contributed by atoms with van der Waals surface area (Å²) in [7, 11) is 0. The first-order valence-corrected chi connectivity index (χ1v) is 5.72. The Hall–Kier alpha value is -2.08. The van der Waals surface area contributed by atoms with E-state index < -0.39 is 6.43 Å². The Morgan fingerprint density at radius 1 is 1.21 bits per heavy atom. The van der Waals surface area contributed by atoms with E-state index in [4.69, 9.17) is 11.6 Å². The minimum atomic E-state index is -2.64. The highest BCUT2D eigenvalue weighted by molar-refractivity contribution is 6.31. The zero-order chi connectivity index (χ0) is 13.4. The lowest BCUT2D eigenvalue weighted by Crippen LogP contribution is -1.95.